The molecule has 0 aliphatic carbocycles. The van der Waals surface area contributed by atoms with Crippen LogP contribution >= 0.6 is 11.6 Å². The summed E-state index contributed by atoms with van der Waals surface area (Å²) in [5.74, 6) is 0.0725. The molecule has 0 unspecified atom stereocenters. The van der Waals surface area contributed by atoms with Crippen molar-refractivity contribution in [1.29, 1.82) is 0 Å². The number of carbonyl (C=O) groups excluding carboxylic acids is 1. The SMILES string of the molecule is CCC(=O)O/N=C(\N)c1cc(Cl)ccc1OC. The lowest BCUT2D eigenvalue weighted by atomic mass is 10.2. The summed E-state index contributed by atoms with van der Waals surface area (Å²) in [6.07, 6.45) is 0.226. The fraction of sp³-hybridized carbons (Fsp3) is 0.273. The fourth-order valence-corrected chi connectivity index (χ4v) is 1.27. The van der Waals surface area contributed by atoms with Crippen molar-refractivity contribution in [2.24, 2.45) is 10.9 Å². The molecule has 92 valence electrons. The van der Waals surface area contributed by atoms with Crippen molar-refractivity contribution < 1.29 is 14.4 Å². The van der Waals surface area contributed by atoms with Crippen LogP contribution in [0.2, 0.25) is 5.02 Å². The maximum absolute atomic E-state index is 10.9. The minimum absolute atomic E-state index is 0.0335. The summed E-state index contributed by atoms with van der Waals surface area (Å²) in [4.78, 5) is 15.5. The van der Waals surface area contributed by atoms with Crippen LogP contribution in [-0.4, -0.2) is 18.9 Å². The van der Waals surface area contributed by atoms with E-state index in [1.165, 1.54) is 7.11 Å². The van der Waals surface area contributed by atoms with Crippen molar-refractivity contribution in [2.75, 3.05) is 7.11 Å². The molecule has 17 heavy (non-hydrogen) atoms. The van der Waals surface area contributed by atoms with Crippen LogP contribution in [0.15, 0.2) is 23.4 Å². The highest BCUT2D eigenvalue weighted by atomic mass is 35.5. The molecule has 0 heterocycles. The molecule has 0 aromatic heterocycles. The van der Waals surface area contributed by atoms with Crippen LogP contribution < -0.4 is 10.5 Å². The van der Waals surface area contributed by atoms with Gasteiger partial charge in [0.05, 0.1) is 12.7 Å². The predicted octanol–water partition coefficient (Wildman–Crippen LogP) is 1.92. The number of hydrogen-bond donors (Lipinski definition) is 1. The maximum Gasteiger partial charge on any atom is 0.334 e. The molecular weight excluding hydrogens is 244 g/mol. The first kappa shape index (κ1) is 13.3. The third kappa shape index (κ3) is 3.64. The van der Waals surface area contributed by atoms with Crippen LogP contribution in [0.1, 0.15) is 18.9 Å². The number of methoxy groups -OCH3 is 1. The second-order valence-electron chi connectivity index (χ2n) is 3.14. The summed E-state index contributed by atoms with van der Waals surface area (Å²) in [5.41, 5.74) is 6.15. The van der Waals surface area contributed by atoms with E-state index >= 15 is 0 Å². The van der Waals surface area contributed by atoms with Gasteiger partial charge in [0, 0.05) is 11.4 Å². The van der Waals surface area contributed by atoms with Crippen LogP contribution in [0.3, 0.4) is 0 Å². The number of oxime groups is 1. The van der Waals surface area contributed by atoms with Gasteiger partial charge in [-0.1, -0.05) is 23.7 Å². The van der Waals surface area contributed by atoms with E-state index in [-0.39, 0.29) is 12.3 Å². The molecule has 5 nitrogen and oxygen atoms in total. The van der Waals surface area contributed by atoms with Gasteiger partial charge in [0.1, 0.15) is 5.75 Å². The second kappa shape index (κ2) is 6.10. The van der Waals surface area contributed by atoms with E-state index < -0.39 is 5.97 Å². The predicted molar refractivity (Wildman–Crippen MR) is 65.1 cm³/mol. The molecule has 0 spiro atoms. The zero-order valence-corrected chi connectivity index (χ0v) is 10.3. The van der Waals surface area contributed by atoms with E-state index in [2.05, 4.69) is 9.99 Å². The third-order valence-electron chi connectivity index (χ3n) is 1.97. The van der Waals surface area contributed by atoms with Gasteiger partial charge in [-0.2, -0.15) is 0 Å². The number of hydrogen-bond acceptors (Lipinski definition) is 4. The van der Waals surface area contributed by atoms with Crippen LogP contribution in [0.25, 0.3) is 0 Å². The molecule has 0 atom stereocenters. The minimum atomic E-state index is -0.464. The zero-order chi connectivity index (χ0) is 12.8. The molecule has 0 aliphatic heterocycles. The Balaban J connectivity index is 2.97. The molecule has 0 saturated carbocycles. The van der Waals surface area contributed by atoms with Gasteiger partial charge in [0.2, 0.25) is 0 Å². The smallest absolute Gasteiger partial charge is 0.334 e. The molecule has 0 amide bonds. The van der Waals surface area contributed by atoms with Crippen molar-refractivity contribution in [2.45, 2.75) is 13.3 Å². The highest BCUT2D eigenvalue weighted by Gasteiger charge is 2.09. The van der Waals surface area contributed by atoms with Gasteiger partial charge >= 0.3 is 5.97 Å². The lowest BCUT2D eigenvalue weighted by Gasteiger charge is -2.07. The number of amidine groups is 1. The van der Waals surface area contributed by atoms with Gasteiger partial charge in [-0.3, -0.25) is 0 Å². The summed E-state index contributed by atoms with van der Waals surface area (Å²) in [7, 11) is 1.50. The van der Waals surface area contributed by atoms with Crippen LogP contribution in [0.5, 0.6) is 5.75 Å². The molecule has 0 aliphatic rings. The average Bonchev–Trinajstić information content (AvgIpc) is 2.35. The van der Waals surface area contributed by atoms with Gasteiger partial charge in [-0.25, -0.2) is 4.79 Å². The van der Waals surface area contributed by atoms with Crippen molar-refractivity contribution >= 4 is 23.4 Å². The largest absolute Gasteiger partial charge is 0.496 e. The molecule has 2 N–H and O–H groups in total. The average molecular weight is 257 g/mol. The van der Waals surface area contributed by atoms with E-state index in [1.807, 2.05) is 0 Å². The quantitative estimate of drug-likeness (QED) is 0.387. The Hall–Kier alpha value is -1.75. The Bertz CT molecular complexity index is 446. The number of nitrogens with two attached hydrogens (primary N) is 1. The maximum atomic E-state index is 10.9. The molecule has 0 saturated heterocycles. The number of halogens is 1. The number of nitrogens with zero attached hydrogens (tertiary/aromatic N) is 1. The molecule has 0 fully saturated rings. The van der Waals surface area contributed by atoms with E-state index in [0.29, 0.717) is 16.3 Å². The first-order valence-corrected chi connectivity index (χ1v) is 5.33. The Morgan fingerprint density at radius 3 is 2.82 bits per heavy atom. The van der Waals surface area contributed by atoms with E-state index in [9.17, 15) is 4.79 Å². The number of carbonyl (C=O) groups is 1. The molecular formula is C11H13ClN2O3. The molecule has 0 radical (unpaired) electrons. The monoisotopic (exact) mass is 256 g/mol. The van der Waals surface area contributed by atoms with E-state index in [0.717, 1.165) is 0 Å². The molecule has 1 rings (SSSR count). The highest BCUT2D eigenvalue weighted by molar-refractivity contribution is 6.31. The highest BCUT2D eigenvalue weighted by Crippen LogP contribution is 2.22. The fourth-order valence-electron chi connectivity index (χ4n) is 1.09. The van der Waals surface area contributed by atoms with Gasteiger partial charge in [0.15, 0.2) is 5.84 Å². The number of ether oxygens (including phenoxy) is 1. The summed E-state index contributed by atoms with van der Waals surface area (Å²) >= 11 is 5.83. The van der Waals surface area contributed by atoms with Gasteiger partial charge in [-0.05, 0) is 18.2 Å². The van der Waals surface area contributed by atoms with Gasteiger partial charge < -0.3 is 15.3 Å². The lowest BCUT2D eigenvalue weighted by Crippen LogP contribution is -2.16. The number of benzene rings is 1. The van der Waals surface area contributed by atoms with Crippen molar-refractivity contribution in [3.05, 3.63) is 28.8 Å². The third-order valence-corrected chi connectivity index (χ3v) is 2.21. The Kier molecular flexibility index (Phi) is 4.78. The first-order chi connectivity index (χ1) is 8.08. The van der Waals surface area contributed by atoms with Crippen LogP contribution in [-0.2, 0) is 9.63 Å². The summed E-state index contributed by atoms with van der Waals surface area (Å²) in [6, 6.07) is 4.90. The second-order valence-corrected chi connectivity index (χ2v) is 3.57. The minimum Gasteiger partial charge on any atom is -0.496 e. The zero-order valence-electron chi connectivity index (χ0n) is 9.57. The normalized spacial score (nSPS) is 11.1. The van der Waals surface area contributed by atoms with E-state index in [1.54, 1.807) is 25.1 Å². The summed E-state index contributed by atoms with van der Waals surface area (Å²) in [6.45, 7) is 1.66. The molecule has 1 aromatic rings. The van der Waals surface area contributed by atoms with Crippen LogP contribution in [0, 0.1) is 0 Å². The molecule has 0 bridgehead atoms. The van der Waals surface area contributed by atoms with Gasteiger partial charge in [0.25, 0.3) is 0 Å². The summed E-state index contributed by atoms with van der Waals surface area (Å²) in [5, 5.41) is 4.01. The topological polar surface area (TPSA) is 73.9 Å². The summed E-state index contributed by atoms with van der Waals surface area (Å²) < 4.78 is 5.09. The Morgan fingerprint density at radius 1 is 1.53 bits per heavy atom. The van der Waals surface area contributed by atoms with Crippen molar-refractivity contribution in [3.63, 3.8) is 0 Å². The van der Waals surface area contributed by atoms with Crippen molar-refractivity contribution in [1.82, 2.24) is 0 Å². The lowest BCUT2D eigenvalue weighted by molar-refractivity contribution is -0.143. The molecule has 1 aromatic carbocycles. The van der Waals surface area contributed by atoms with Gasteiger partial charge in [-0.15, -0.1) is 0 Å². The Labute approximate surface area is 104 Å². The Morgan fingerprint density at radius 2 is 2.24 bits per heavy atom. The van der Waals surface area contributed by atoms with Crippen LogP contribution in [0.4, 0.5) is 0 Å². The van der Waals surface area contributed by atoms with Crippen molar-refractivity contribution in [3.8, 4) is 5.75 Å². The number of rotatable bonds is 4. The standard InChI is InChI=1S/C11H13ClN2O3/c1-3-10(15)17-14-11(13)8-6-7(12)4-5-9(8)16-2/h4-6H,3H2,1-2H3,(H2,13,14). The van der Waals surface area contributed by atoms with E-state index in [4.69, 9.17) is 22.1 Å². The first-order valence-electron chi connectivity index (χ1n) is 4.95. The molecule has 6 heteroatoms.